The van der Waals surface area contributed by atoms with E-state index < -0.39 is 0 Å². The van der Waals surface area contributed by atoms with Gasteiger partial charge < -0.3 is 5.11 Å². The van der Waals surface area contributed by atoms with Gasteiger partial charge in [0.15, 0.2) is 0 Å². The van der Waals surface area contributed by atoms with Gasteiger partial charge in [-0.1, -0.05) is 0 Å². The second-order valence-corrected chi connectivity index (χ2v) is 2.89. The van der Waals surface area contributed by atoms with E-state index in [2.05, 4.69) is 0 Å². The summed E-state index contributed by atoms with van der Waals surface area (Å²) in [6.45, 7) is 2.63. The van der Waals surface area contributed by atoms with Crippen LogP contribution in [-0.4, -0.2) is 16.9 Å². The van der Waals surface area contributed by atoms with Gasteiger partial charge in [0.25, 0.3) is 0 Å². The molecule has 0 spiro atoms. The zero-order chi connectivity index (χ0) is 10.7. The molecule has 0 atom stereocenters. The molecule has 74 valence electrons. The molecular weight excluding hydrogens is 182 g/mol. The maximum absolute atomic E-state index is 11.1. The maximum Gasteiger partial charge on any atom is 0.230 e. The second-order valence-electron chi connectivity index (χ2n) is 2.89. The van der Waals surface area contributed by atoms with E-state index in [-0.39, 0.29) is 17.6 Å². The molecule has 0 heterocycles. The molecule has 0 aliphatic carbocycles. The number of carbonyl (C=O) groups is 2. The summed E-state index contributed by atoms with van der Waals surface area (Å²) in [5.74, 6) is -0.591. The van der Waals surface area contributed by atoms with E-state index in [1.54, 1.807) is 0 Å². The molecule has 0 aliphatic rings. The quantitative estimate of drug-likeness (QED) is 0.731. The fourth-order valence-corrected chi connectivity index (χ4v) is 1.19. The van der Waals surface area contributed by atoms with Crippen LogP contribution in [0.1, 0.15) is 13.8 Å². The number of aromatic hydroxyl groups is 1. The number of hydrogen-bond donors (Lipinski definition) is 1. The van der Waals surface area contributed by atoms with Crippen molar-refractivity contribution < 1.29 is 14.7 Å². The summed E-state index contributed by atoms with van der Waals surface area (Å²) in [7, 11) is 0. The highest BCUT2D eigenvalue weighted by atomic mass is 16.3. The van der Waals surface area contributed by atoms with E-state index in [1.807, 2.05) is 0 Å². The van der Waals surface area contributed by atoms with Crippen molar-refractivity contribution in [2.45, 2.75) is 13.8 Å². The molecule has 1 rings (SSSR count). The molecule has 1 N–H and O–H groups in total. The largest absolute Gasteiger partial charge is 0.508 e. The van der Waals surface area contributed by atoms with E-state index in [4.69, 9.17) is 5.11 Å². The van der Waals surface area contributed by atoms with Crippen LogP contribution < -0.4 is 4.90 Å². The molecule has 14 heavy (non-hydrogen) atoms. The number of imide groups is 1. The van der Waals surface area contributed by atoms with Gasteiger partial charge in [-0.05, 0) is 24.3 Å². The van der Waals surface area contributed by atoms with E-state index in [0.717, 1.165) is 4.90 Å². The first-order chi connectivity index (χ1) is 6.52. The van der Waals surface area contributed by atoms with Crippen molar-refractivity contribution in [2.75, 3.05) is 4.90 Å². The average Bonchev–Trinajstić information content (AvgIpc) is 2.07. The topological polar surface area (TPSA) is 57.6 Å². The normalized spacial score (nSPS) is 9.57. The fourth-order valence-electron chi connectivity index (χ4n) is 1.19. The summed E-state index contributed by atoms with van der Waals surface area (Å²) >= 11 is 0. The summed E-state index contributed by atoms with van der Waals surface area (Å²) in [4.78, 5) is 23.3. The van der Waals surface area contributed by atoms with Crippen molar-refractivity contribution in [1.82, 2.24) is 0 Å². The van der Waals surface area contributed by atoms with Crippen molar-refractivity contribution >= 4 is 17.5 Å². The van der Waals surface area contributed by atoms with Crippen LogP contribution in [0.25, 0.3) is 0 Å². The highest BCUT2D eigenvalue weighted by molar-refractivity contribution is 6.13. The van der Waals surface area contributed by atoms with E-state index in [9.17, 15) is 9.59 Å². The molecule has 1 aromatic rings. The van der Waals surface area contributed by atoms with Crippen LogP contribution in [0.2, 0.25) is 0 Å². The zero-order valence-corrected chi connectivity index (χ0v) is 8.02. The molecule has 0 radical (unpaired) electrons. The van der Waals surface area contributed by atoms with Crippen LogP contribution in [0.5, 0.6) is 5.75 Å². The van der Waals surface area contributed by atoms with Gasteiger partial charge >= 0.3 is 0 Å². The number of phenols is 1. The van der Waals surface area contributed by atoms with Crippen LogP contribution in [0, 0.1) is 0 Å². The highest BCUT2D eigenvalue weighted by Gasteiger charge is 2.15. The van der Waals surface area contributed by atoms with Gasteiger partial charge in [-0.25, -0.2) is 0 Å². The van der Waals surface area contributed by atoms with Crippen molar-refractivity contribution in [2.24, 2.45) is 0 Å². The lowest BCUT2D eigenvalue weighted by Gasteiger charge is -2.16. The Labute approximate surface area is 81.8 Å². The minimum absolute atomic E-state index is 0.0980. The Kier molecular flexibility index (Phi) is 2.86. The first kappa shape index (κ1) is 10.2. The number of phenolic OH excluding ortho intramolecular Hbond substituents is 1. The van der Waals surface area contributed by atoms with Crippen molar-refractivity contribution in [3.8, 4) is 5.75 Å². The molecule has 0 unspecified atom stereocenters. The third-order valence-electron chi connectivity index (χ3n) is 1.74. The third kappa shape index (κ3) is 2.10. The predicted octanol–water partition coefficient (Wildman–Crippen LogP) is 1.29. The lowest BCUT2D eigenvalue weighted by Crippen LogP contribution is -2.32. The van der Waals surface area contributed by atoms with Gasteiger partial charge in [-0.15, -0.1) is 0 Å². The highest BCUT2D eigenvalue weighted by Crippen LogP contribution is 2.18. The number of benzene rings is 1. The molecular formula is C10H11NO3. The van der Waals surface area contributed by atoms with Gasteiger partial charge in [0.1, 0.15) is 5.75 Å². The zero-order valence-electron chi connectivity index (χ0n) is 8.02. The molecule has 0 saturated heterocycles. The summed E-state index contributed by atoms with van der Waals surface area (Å²) < 4.78 is 0. The minimum Gasteiger partial charge on any atom is -0.508 e. The Morgan fingerprint density at radius 2 is 1.50 bits per heavy atom. The van der Waals surface area contributed by atoms with Gasteiger partial charge in [-0.2, -0.15) is 0 Å². The number of rotatable bonds is 1. The second kappa shape index (κ2) is 3.91. The summed E-state index contributed by atoms with van der Waals surface area (Å²) in [5.41, 5.74) is 0.461. The van der Waals surface area contributed by atoms with Crippen molar-refractivity contribution in [3.05, 3.63) is 24.3 Å². The molecule has 0 aliphatic heterocycles. The van der Waals surface area contributed by atoms with Crippen LogP contribution in [0.4, 0.5) is 5.69 Å². The number of amides is 2. The summed E-state index contributed by atoms with van der Waals surface area (Å²) in [5, 5.41) is 9.03. The molecule has 1 aromatic carbocycles. The number of nitrogens with zero attached hydrogens (tertiary/aromatic N) is 1. The van der Waals surface area contributed by atoms with Crippen LogP contribution in [-0.2, 0) is 9.59 Å². The van der Waals surface area contributed by atoms with Gasteiger partial charge in [0, 0.05) is 13.8 Å². The number of hydrogen-bond acceptors (Lipinski definition) is 3. The Morgan fingerprint density at radius 3 is 1.86 bits per heavy atom. The molecule has 0 aromatic heterocycles. The van der Waals surface area contributed by atoms with Crippen molar-refractivity contribution in [3.63, 3.8) is 0 Å². The molecule has 0 fully saturated rings. The molecule has 0 saturated carbocycles. The Hall–Kier alpha value is -1.84. The smallest absolute Gasteiger partial charge is 0.230 e. The van der Waals surface area contributed by atoms with Gasteiger partial charge in [-0.3, -0.25) is 14.5 Å². The standard InChI is InChI=1S/C10H11NO3/c1-7(12)11(8(2)13)9-3-5-10(14)6-4-9/h3-6,14H,1-2H3. The first-order valence-corrected chi connectivity index (χ1v) is 4.12. The number of carbonyl (C=O) groups excluding carboxylic acids is 2. The molecule has 2 amide bonds. The van der Waals surface area contributed by atoms with E-state index >= 15 is 0 Å². The lowest BCUT2D eigenvalue weighted by atomic mass is 10.2. The Morgan fingerprint density at radius 1 is 1.07 bits per heavy atom. The Bertz CT molecular complexity index is 342. The van der Waals surface area contributed by atoms with Crippen molar-refractivity contribution in [1.29, 1.82) is 0 Å². The van der Waals surface area contributed by atoms with Gasteiger partial charge in [0.05, 0.1) is 5.69 Å². The molecule has 4 heteroatoms. The third-order valence-corrected chi connectivity index (χ3v) is 1.74. The SMILES string of the molecule is CC(=O)N(C(C)=O)c1ccc(O)cc1. The monoisotopic (exact) mass is 193 g/mol. The molecule has 0 bridgehead atoms. The molecule has 4 nitrogen and oxygen atoms in total. The summed E-state index contributed by atoms with van der Waals surface area (Å²) in [6, 6.07) is 5.87. The van der Waals surface area contributed by atoms with E-state index in [0.29, 0.717) is 5.69 Å². The maximum atomic E-state index is 11.1. The fraction of sp³-hybridized carbons (Fsp3) is 0.200. The lowest BCUT2D eigenvalue weighted by molar-refractivity contribution is -0.124. The van der Waals surface area contributed by atoms with Gasteiger partial charge in [0.2, 0.25) is 11.8 Å². The minimum atomic E-state index is -0.344. The predicted molar refractivity (Wildman–Crippen MR) is 51.9 cm³/mol. The van der Waals surface area contributed by atoms with Crippen LogP contribution >= 0.6 is 0 Å². The van der Waals surface area contributed by atoms with Crippen LogP contribution in [0.3, 0.4) is 0 Å². The Balaban J connectivity index is 3.06. The average molecular weight is 193 g/mol. The van der Waals surface area contributed by atoms with E-state index in [1.165, 1.54) is 38.1 Å². The number of anilines is 1. The first-order valence-electron chi connectivity index (χ1n) is 4.12. The summed E-state index contributed by atoms with van der Waals surface area (Å²) in [6.07, 6.45) is 0. The van der Waals surface area contributed by atoms with Crippen LogP contribution in [0.15, 0.2) is 24.3 Å².